The van der Waals surface area contributed by atoms with Crippen molar-refractivity contribution >= 4 is 40.7 Å². The fraction of sp³-hybridized carbons (Fsp3) is 0.394. The number of alkyl halides is 3. The Balaban J connectivity index is 1.26. The molecule has 272 valence electrons. The number of nitrogen functional groups attached to an aromatic ring is 1. The number of imidazole rings is 1. The van der Waals surface area contributed by atoms with Crippen LogP contribution in [0.4, 0.5) is 24.5 Å². The van der Waals surface area contributed by atoms with E-state index in [9.17, 15) is 32.7 Å². The molecule has 0 saturated carbocycles. The number of amides is 3. The first-order valence-electron chi connectivity index (χ1n) is 16.0. The zero-order valence-electron chi connectivity index (χ0n) is 28.4. The van der Waals surface area contributed by atoms with Gasteiger partial charge in [-0.3, -0.25) is 14.4 Å². The third-order valence-electron chi connectivity index (χ3n) is 8.58. The minimum Gasteiger partial charge on any atom is -0.397 e. The Hall–Kier alpha value is -5.00. The maximum Gasteiger partial charge on any atom is 0.435 e. The largest absolute Gasteiger partial charge is 0.435 e. The Labute approximate surface area is 296 Å². The van der Waals surface area contributed by atoms with Gasteiger partial charge in [0.05, 0.1) is 51.9 Å². The molecule has 4 heterocycles. The van der Waals surface area contributed by atoms with Crippen LogP contribution < -0.4 is 11.1 Å². The lowest BCUT2D eigenvalue weighted by Gasteiger charge is -2.37. The molecule has 18 heteroatoms. The highest BCUT2D eigenvalue weighted by Gasteiger charge is 2.39. The molecule has 1 fully saturated rings. The Morgan fingerprint density at radius 1 is 1.06 bits per heavy atom. The molecule has 4 aromatic rings. The van der Waals surface area contributed by atoms with Crippen LogP contribution in [0.1, 0.15) is 40.0 Å². The van der Waals surface area contributed by atoms with E-state index in [0.717, 1.165) is 17.1 Å². The lowest BCUT2D eigenvalue weighted by Crippen LogP contribution is -2.53. The van der Waals surface area contributed by atoms with Gasteiger partial charge in [0.2, 0.25) is 5.91 Å². The Morgan fingerprint density at radius 3 is 2.33 bits per heavy atom. The van der Waals surface area contributed by atoms with Gasteiger partial charge in [-0.25, -0.2) is 14.6 Å². The summed E-state index contributed by atoms with van der Waals surface area (Å²) in [6, 6.07) is 7.22. The molecule has 1 aliphatic rings. The molecule has 0 aliphatic carbocycles. The number of benzene rings is 1. The van der Waals surface area contributed by atoms with Crippen molar-refractivity contribution in [2.24, 2.45) is 13.0 Å². The van der Waals surface area contributed by atoms with Crippen molar-refractivity contribution < 1.29 is 32.7 Å². The van der Waals surface area contributed by atoms with Crippen LogP contribution in [0.25, 0.3) is 17.1 Å². The number of hydrogen-bond acceptors (Lipinski definition) is 9. The number of rotatable bonds is 10. The summed E-state index contributed by atoms with van der Waals surface area (Å²) in [5.41, 5.74) is 4.84. The predicted octanol–water partition coefficient (Wildman–Crippen LogP) is 3.41. The summed E-state index contributed by atoms with van der Waals surface area (Å²) < 4.78 is 44.2. The van der Waals surface area contributed by atoms with Crippen LogP contribution in [0.15, 0.2) is 48.9 Å². The fourth-order valence-electron chi connectivity index (χ4n) is 5.75. The molecule has 1 aromatic carbocycles. The average molecular weight is 731 g/mol. The van der Waals surface area contributed by atoms with Gasteiger partial charge < -0.3 is 35.4 Å². The Kier molecular flexibility index (Phi) is 11.0. The van der Waals surface area contributed by atoms with E-state index in [2.05, 4.69) is 20.4 Å². The number of hydrogen-bond donors (Lipinski definition) is 3. The molecule has 0 unspecified atom stereocenters. The van der Waals surface area contributed by atoms with Crippen molar-refractivity contribution in [3.8, 4) is 17.1 Å². The number of aliphatic hydroxyl groups excluding tert-OH is 1. The first-order chi connectivity index (χ1) is 24.0. The summed E-state index contributed by atoms with van der Waals surface area (Å²) >= 11 is 6.48. The van der Waals surface area contributed by atoms with E-state index in [-0.39, 0.29) is 64.1 Å². The molecular formula is C33H38ClF3N10O4. The zero-order chi connectivity index (χ0) is 37.2. The van der Waals surface area contributed by atoms with E-state index in [1.807, 2.05) is 19.0 Å². The first kappa shape index (κ1) is 37.3. The maximum absolute atomic E-state index is 14.0. The number of nitrogens with zero attached hydrogens (tertiary/aromatic N) is 8. The van der Waals surface area contributed by atoms with Crippen LogP contribution in [-0.2, 0) is 18.0 Å². The molecule has 4 N–H and O–H groups in total. The second-order valence-electron chi connectivity index (χ2n) is 12.5. The van der Waals surface area contributed by atoms with Gasteiger partial charge in [0.1, 0.15) is 0 Å². The number of halogens is 4. The van der Waals surface area contributed by atoms with Crippen molar-refractivity contribution in [1.29, 1.82) is 0 Å². The second kappa shape index (κ2) is 15.1. The van der Waals surface area contributed by atoms with Gasteiger partial charge in [-0.05, 0) is 64.3 Å². The molecule has 1 saturated heterocycles. The SMILES string of the molecule is C[C@H](O)[C@H](CCN(C)C)C(=O)N1CCN(C(=O)c2ccc(NC(=O)c3ncc(-c4cn(-c5ccc(N)cn5)nc4C(F)(F)F)n3C)cc2Cl)CC1. The zero-order valence-corrected chi connectivity index (χ0v) is 29.1. The van der Waals surface area contributed by atoms with Crippen molar-refractivity contribution in [2.75, 3.05) is 57.9 Å². The van der Waals surface area contributed by atoms with E-state index in [1.54, 1.807) is 16.7 Å². The van der Waals surface area contributed by atoms with Gasteiger partial charge in [0.15, 0.2) is 17.3 Å². The fourth-order valence-corrected chi connectivity index (χ4v) is 6.01. The number of carbonyl (C=O) groups excluding carboxylic acids is 3. The van der Waals surface area contributed by atoms with Gasteiger partial charge >= 0.3 is 6.18 Å². The summed E-state index contributed by atoms with van der Waals surface area (Å²) in [5.74, 6) is -1.87. The van der Waals surface area contributed by atoms with E-state index in [4.69, 9.17) is 17.3 Å². The standard InChI is InChI=1S/C33H38ClF3N10O4/c1-19(48)22(9-10-43(2)3)31(50)45-11-13-46(14-12-45)32(51)23-7-6-21(15-25(23)34)41-30(49)29-40-17-26(44(29)4)24-18-47(42-28(24)33(35,36)37)27-8-5-20(38)16-39-27/h5-8,15-19,22,48H,9-14,38H2,1-4H3,(H,41,49)/t19-,22-/m0/s1. The van der Waals surface area contributed by atoms with Gasteiger partial charge in [0, 0.05) is 45.1 Å². The molecule has 51 heavy (non-hydrogen) atoms. The highest BCUT2D eigenvalue weighted by atomic mass is 35.5. The molecule has 2 atom stereocenters. The molecule has 14 nitrogen and oxygen atoms in total. The maximum atomic E-state index is 14.0. The molecule has 0 spiro atoms. The number of carbonyl (C=O) groups is 3. The number of anilines is 2. The number of aromatic nitrogens is 5. The first-order valence-corrected chi connectivity index (χ1v) is 16.4. The summed E-state index contributed by atoms with van der Waals surface area (Å²) in [6.45, 7) is 3.40. The summed E-state index contributed by atoms with van der Waals surface area (Å²) in [6.07, 6.45) is -1.55. The Bertz CT molecular complexity index is 1900. The minimum atomic E-state index is -4.82. The van der Waals surface area contributed by atoms with E-state index in [0.29, 0.717) is 31.7 Å². The lowest BCUT2D eigenvalue weighted by atomic mass is 9.97. The Morgan fingerprint density at radius 2 is 1.75 bits per heavy atom. The quantitative estimate of drug-likeness (QED) is 0.222. The third kappa shape index (κ3) is 8.32. The van der Waals surface area contributed by atoms with Crippen LogP contribution in [0, 0.1) is 5.92 Å². The highest BCUT2D eigenvalue weighted by molar-refractivity contribution is 6.34. The monoisotopic (exact) mass is 730 g/mol. The molecule has 1 aliphatic heterocycles. The summed E-state index contributed by atoms with van der Waals surface area (Å²) in [5, 5.41) is 16.6. The highest BCUT2D eigenvalue weighted by Crippen LogP contribution is 2.37. The number of piperazine rings is 1. The van der Waals surface area contributed by atoms with Crippen LogP contribution in [0.2, 0.25) is 5.02 Å². The molecule has 0 radical (unpaired) electrons. The number of pyridine rings is 1. The van der Waals surface area contributed by atoms with Crippen molar-refractivity contribution in [1.82, 2.24) is 39.0 Å². The smallest absolute Gasteiger partial charge is 0.397 e. The van der Waals surface area contributed by atoms with Gasteiger partial charge in [-0.15, -0.1) is 0 Å². The minimum absolute atomic E-state index is 0.0232. The van der Waals surface area contributed by atoms with Crippen LogP contribution in [0.3, 0.4) is 0 Å². The number of nitrogens with one attached hydrogen (secondary N) is 1. The van der Waals surface area contributed by atoms with Gasteiger partial charge in [-0.1, -0.05) is 11.6 Å². The van der Waals surface area contributed by atoms with E-state index >= 15 is 0 Å². The van der Waals surface area contributed by atoms with E-state index in [1.165, 1.54) is 48.1 Å². The normalized spacial score (nSPS) is 14.9. The molecule has 3 aromatic heterocycles. The van der Waals surface area contributed by atoms with Crippen molar-refractivity contribution in [2.45, 2.75) is 25.6 Å². The van der Waals surface area contributed by atoms with Crippen molar-refractivity contribution in [3.63, 3.8) is 0 Å². The van der Waals surface area contributed by atoms with Gasteiger partial charge in [0.25, 0.3) is 11.8 Å². The number of nitrogens with two attached hydrogens (primary N) is 1. The average Bonchev–Trinajstić information content (AvgIpc) is 3.69. The van der Waals surface area contributed by atoms with Crippen LogP contribution >= 0.6 is 11.6 Å². The topological polar surface area (TPSA) is 168 Å². The second-order valence-corrected chi connectivity index (χ2v) is 12.9. The van der Waals surface area contributed by atoms with Crippen LogP contribution in [-0.4, -0.2) is 115 Å². The molecule has 3 amide bonds. The molecule has 0 bridgehead atoms. The van der Waals surface area contributed by atoms with Crippen molar-refractivity contribution in [3.05, 3.63) is 71.0 Å². The molecular weight excluding hydrogens is 693 g/mol. The predicted molar refractivity (Wildman–Crippen MR) is 183 cm³/mol. The van der Waals surface area contributed by atoms with E-state index < -0.39 is 29.8 Å². The summed E-state index contributed by atoms with van der Waals surface area (Å²) in [4.78, 5) is 53.0. The number of aliphatic hydroxyl groups is 1. The van der Waals surface area contributed by atoms with Gasteiger partial charge in [-0.2, -0.15) is 18.3 Å². The third-order valence-corrected chi connectivity index (χ3v) is 8.89. The lowest BCUT2D eigenvalue weighted by molar-refractivity contribution is -0.141. The molecule has 5 rings (SSSR count). The van der Waals surface area contributed by atoms with Crippen LogP contribution in [0.5, 0.6) is 0 Å². The summed E-state index contributed by atoms with van der Waals surface area (Å²) in [7, 11) is 5.19.